The first-order valence-corrected chi connectivity index (χ1v) is 24.9. The fourth-order valence-electron chi connectivity index (χ4n) is 10.2. The van der Waals surface area contributed by atoms with Crippen molar-refractivity contribution in [3.05, 3.63) is 114 Å². The van der Waals surface area contributed by atoms with Crippen molar-refractivity contribution in [3.63, 3.8) is 0 Å². The van der Waals surface area contributed by atoms with E-state index in [-0.39, 0.29) is 22.8 Å². The number of nitrogens with zero attached hydrogens (tertiary/aromatic N) is 6. The summed E-state index contributed by atoms with van der Waals surface area (Å²) in [7, 11) is 8.77. The Labute approximate surface area is 399 Å². The molecule has 3 aromatic carbocycles. The van der Waals surface area contributed by atoms with Crippen LogP contribution in [0.1, 0.15) is 90.3 Å². The molecule has 0 saturated carbocycles. The number of piperazine rings is 2. The van der Waals surface area contributed by atoms with Crippen molar-refractivity contribution >= 4 is 17.4 Å². The summed E-state index contributed by atoms with van der Waals surface area (Å²) < 4.78 is 12.2. The number of esters is 1. The summed E-state index contributed by atoms with van der Waals surface area (Å²) in [5.41, 5.74) is 3.66. The molecule has 6 rings (SSSR count). The first-order valence-electron chi connectivity index (χ1n) is 24.9. The van der Waals surface area contributed by atoms with E-state index in [1.165, 1.54) is 35.2 Å². The summed E-state index contributed by atoms with van der Waals surface area (Å²) in [4.78, 5) is 41.1. The summed E-state index contributed by atoms with van der Waals surface area (Å²) in [6, 6.07) is 31.2. The topological polar surface area (TPSA) is 72.0 Å². The summed E-state index contributed by atoms with van der Waals surface area (Å²) in [6.45, 7) is 21.8. The van der Waals surface area contributed by atoms with Crippen molar-refractivity contribution in [2.75, 3.05) is 105 Å². The van der Waals surface area contributed by atoms with E-state index in [9.17, 15) is 9.59 Å². The maximum absolute atomic E-state index is 13.4. The minimum Gasteiger partial charge on any atom is -0.460 e. The average molecular weight is 905 g/mol. The van der Waals surface area contributed by atoms with Gasteiger partial charge in [-0.2, -0.15) is 0 Å². The molecule has 2 saturated heterocycles. The molecule has 4 atom stereocenters. The van der Waals surface area contributed by atoms with Gasteiger partial charge in [0.05, 0.1) is 13.0 Å². The second-order valence-corrected chi connectivity index (χ2v) is 21.4. The van der Waals surface area contributed by atoms with Crippen molar-refractivity contribution in [1.29, 1.82) is 0 Å². The van der Waals surface area contributed by atoms with Gasteiger partial charge in [-0.05, 0) is 130 Å². The van der Waals surface area contributed by atoms with Crippen LogP contribution in [0.25, 0.3) is 0 Å². The zero-order valence-electron chi connectivity index (χ0n) is 42.4. The Morgan fingerprint density at radius 3 is 1.74 bits per heavy atom. The molecule has 2 heterocycles. The Kier molecular flexibility index (Phi) is 17.9. The number of ether oxygens (including phenoxy) is 2. The number of anilines is 1. The van der Waals surface area contributed by atoms with Crippen LogP contribution in [-0.4, -0.2) is 159 Å². The molecular weight excluding hydrogens is 821 g/mol. The Hall–Kier alpha value is -3.90. The molecule has 10 heteroatoms. The van der Waals surface area contributed by atoms with Crippen molar-refractivity contribution in [2.45, 2.75) is 115 Å². The smallest absolute Gasteiger partial charge is 0.307 e. The second kappa shape index (κ2) is 22.9. The van der Waals surface area contributed by atoms with Crippen molar-refractivity contribution in [1.82, 2.24) is 24.5 Å². The molecule has 66 heavy (non-hydrogen) atoms. The zero-order valence-corrected chi connectivity index (χ0v) is 42.4. The molecule has 362 valence electrons. The van der Waals surface area contributed by atoms with Crippen LogP contribution in [0.2, 0.25) is 0 Å². The molecule has 2 aliphatic heterocycles. The van der Waals surface area contributed by atoms with E-state index < -0.39 is 11.2 Å². The molecule has 3 aliphatic rings. The van der Waals surface area contributed by atoms with E-state index in [2.05, 4.69) is 169 Å². The molecule has 3 aromatic rings. The Balaban J connectivity index is 0.845. The van der Waals surface area contributed by atoms with Crippen LogP contribution in [0, 0.1) is 5.92 Å². The molecule has 10 nitrogen and oxygen atoms in total. The van der Waals surface area contributed by atoms with Gasteiger partial charge in [-0.15, -0.1) is 0 Å². The number of hydrogen-bond donors (Lipinski definition) is 0. The van der Waals surface area contributed by atoms with Crippen LogP contribution in [0.3, 0.4) is 0 Å². The fourth-order valence-corrected chi connectivity index (χ4v) is 10.2. The molecule has 0 bridgehead atoms. The van der Waals surface area contributed by atoms with E-state index in [1.54, 1.807) is 0 Å². The molecule has 1 aliphatic carbocycles. The highest BCUT2D eigenvalue weighted by atomic mass is 16.6. The number of rotatable bonds is 22. The van der Waals surface area contributed by atoms with Gasteiger partial charge in [0.15, 0.2) is 5.78 Å². The summed E-state index contributed by atoms with van der Waals surface area (Å²) in [6.07, 6.45) is 10.6. The van der Waals surface area contributed by atoms with E-state index in [4.69, 9.17) is 9.47 Å². The van der Waals surface area contributed by atoms with E-state index in [0.717, 1.165) is 71.7 Å². The minimum absolute atomic E-state index is 0.0702. The Morgan fingerprint density at radius 2 is 1.20 bits per heavy atom. The number of carbonyl (C=O) groups excluding carboxylic acids is 2. The largest absolute Gasteiger partial charge is 0.460 e. The number of benzene rings is 3. The number of hydrogen-bond acceptors (Lipinski definition) is 10. The lowest BCUT2D eigenvalue weighted by Gasteiger charge is -2.46. The van der Waals surface area contributed by atoms with E-state index >= 15 is 0 Å². The SMILES string of the molecule is CN(C)C(C)(Cc1ccccc1)c1ccc(N2CCN(CCC(=O)C(C)(C)OCCC(C)(C)OC(=O)CCN3CCN(C4C=CC(C(C)(Cc5ccccc5)N(C)C)CC4)CC3)CC2)cc1. The summed E-state index contributed by atoms with van der Waals surface area (Å²) in [5.74, 6) is 0.434. The maximum atomic E-state index is 13.4. The molecule has 2 fully saturated rings. The lowest BCUT2D eigenvalue weighted by Crippen LogP contribution is -2.53. The predicted octanol–water partition coefficient (Wildman–Crippen LogP) is 8.20. The molecule has 0 N–H and O–H groups in total. The fraction of sp³-hybridized carbons (Fsp3) is 0.607. The van der Waals surface area contributed by atoms with E-state index in [1.807, 2.05) is 27.7 Å². The molecule has 0 radical (unpaired) electrons. The lowest BCUT2D eigenvalue weighted by atomic mass is 9.74. The van der Waals surface area contributed by atoms with Crippen LogP contribution < -0.4 is 4.90 Å². The van der Waals surface area contributed by atoms with Crippen LogP contribution in [0.5, 0.6) is 0 Å². The number of Topliss-reactive ketones (excluding diaryl/α,β-unsaturated/α-hetero) is 1. The van der Waals surface area contributed by atoms with Gasteiger partial charge in [-0.25, -0.2) is 0 Å². The third-order valence-corrected chi connectivity index (χ3v) is 15.6. The Bertz CT molecular complexity index is 1990. The standard InChI is InChI=1S/C56H84N6O4/c1-53(2,66-52(64)30-33-60-36-40-62(41-37-60)50-27-23-48(24-28-50)56(6,58(9)10)44-46-19-15-12-16-20-46)31-42-65-54(3,4)51(63)29-32-59-34-38-61(39-35-59)49-25-21-47(22-26-49)55(5,57(7)8)43-45-17-13-11-14-18-45/h11-23,25-27,48,50H,24,28-44H2,1-10H3. The van der Waals surface area contributed by atoms with Crippen LogP contribution >= 0.6 is 0 Å². The van der Waals surface area contributed by atoms with Gasteiger partial charge < -0.3 is 24.2 Å². The first-order chi connectivity index (χ1) is 31.4. The average Bonchev–Trinajstić information content (AvgIpc) is 3.30. The van der Waals surface area contributed by atoms with E-state index in [0.29, 0.717) is 44.4 Å². The quantitative estimate of drug-likeness (QED) is 0.0729. The van der Waals surface area contributed by atoms with Crippen molar-refractivity contribution < 1.29 is 19.1 Å². The highest BCUT2D eigenvalue weighted by molar-refractivity contribution is 5.86. The second-order valence-electron chi connectivity index (χ2n) is 21.4. The van der Waals surface area contributed by atoms with Gasteiger partial charge in [0.2, 0.25) is 0 Å². The molecule has 0 aromatic heterocycles. The number of ketones is 1. The predicted molar refractivity (Wildman–Crippen MR) is 271 cm³/mol. The lowest BCUT2D eigenvalue weighted by molar-refractivity contribution is -0.161. The minimum atomic E-state index is -0.905. The van der Waals surface area contributed by atoms with Gasteiger partial charge in [-0.3, -0.25) is 24.3 Å². The number of likely N-dealkylation sites (N-methyl/N-ethyl adjacent to an activating group) is 2. The van der Waals surface area contributed by atoms with Gasteiger partial charge >= 0.3 is 5.97 Å². The first kappa shape index (κ1) is 51.5. The molecule has 0 spiro atoms. The zero-order chi connectivity index (χ0) is 47.5. The molecule has 4 unspecified atom stereocenters. The van der Waals surface area contributed by atoms with Crippen LogP contribution in [0.15, 0.2) is 97.1 Å². The third kappa shape index (κ3) is 13.9. The summed E-state index contributed by atoms with van der Waals surface area (Å²) >= 11 is 0. The van der Waals surface area contributed by atoms with Crippen molar-refractivity contribution in [3.8, 4) is 0 Å². The summed E-state index contributed by atoms with van der Waals surface area (Å²) in [5, 5.41) is 0. The Morgan fingerprint density at radius 1 is 0.636 bits per heavy atom. The van der Waals surface area contributed by atoms with Gasteiger partial charge in [0, 0.05) is 101 Å². The van der Waals surface area contributed by atoms with Crippen molar-refractivity contribution in [2.24, 2.45) is 5.92 Å². The highest BCUT2D eigenvalue weighted by Gasteiger charge is 2.38. The monoisotopic (exact) mass is 905 g/mol. The van der Waals surface area contributed by atoms with Gasteiger partial charge in [-0.1, -0.05) is 84.9 Å². The van der Waals surface area contributed by atoms with Crippen LogP contribution in [0.4, 0.5) is 5.69 Å². The number of carbonyl (C=O) groups is 2. The maximum Gasteiger partial charge on any atom is 0.307 e. The highest BCUT2D eigenvalue weighted by Crippen LogP contribution is 2.36. The molecular formula is C56H84N6O4. The van der Waals surface area contributed by atoms with Gasteiger partial charge in [0.1, 0.15) is 11.2 Å². The molecule has 0 amide bonds. The third-order valence-electron chi connectivity index (χ3n) is 15.6. The van der Waals surface area contributed by atoms with Gasteiger partial charge in [0.25, 0.3) is 0 Å². The normalized spacial score (nSPS) is 21.2. The van der Waals surface area contributed by atoms with Crippen LogP contribution in [-0.2, 0) is 37.4 Å².